The van der Waals surface area contributed by atoms with Crippen LogP contribution in [0.15, 0.2) is 36.4 Å². The predicted molar refractivity (Wildman–Crippen MR) is 108 cm³/mol. The van der Waals surface area contributed by atoms with Crippen molar-refractivity contribution in [1.29, 1.82) is 0 Å². The van der Waals surface area contributed by atoms with Gasteiger partial charge in [-0.2, -0.15) is 0 Å². The maximum Gasteiger partial charge on any atom is -0.0143 e. The Bertz CT molecular complexity index is 673. The molecule has 2 rings (SSSR count). The summed E-state index contributed by atoms with van der Waals surface area (Å²) in [6, 6.07) is 13.4. The van der Waals surface area contributed by atoms with Crippen molar-refractivity contribution in [3.8, 4) is 11.1 Å². The maximum absolute atomic E-state index is 2.48. The minimum atomic E-state index is 0.524. The highest BCUT2D eigenvalue weighted by atomic mass is 14.3. The molecular weight excluding hydrogens is 288 g/mol. The van der Waals surface area contributed by atoms with Crippen molar-refractivity contribution in [1.82, 2.24) is 0 Å². The van der Waals surface area contributed by atoms with Crippen molar-refractivity contribution in [2.24, 2.45) is 0 Å². The number of hydrogen-bond donors (Lipinski definition) is 0. The second kappa shape index (κ2) is 7.55. The Labute approximate surface area is 149 Å². The van der Waals surface area contributed by atoms with Crippen molar-refractivity contribution >= 4 is 0 Å². The van der Waals surface area contributed by atoms with Gasteiger partial charge in [0.25, 0.3) is 0 Å². The molecule has 0 atom stereocenters. The molecule has 0 fully saturated rings. The zero-order valence-corrected chi connectivity index (χ0v) is 16.8. The van der Waals surface area contributed by atoms with Crippen molar-refractivity contribution < 1.29 is 0 Å². The van der Waals surface area contributed by atoms with E-state index in [4.69, 9.17) is 0 Å². The van der Waals surface area contributed by atoms with Crippen LogP contribution in [0.4, 0.5) is 0 Å². The van der Waals surface area contributed by atoms with Crippen molar-refractivity contribution in [2.45, 2.75) is 79.1 Å². The molecule has 0 nitrogen and oxygen atoms in total. The summed E-state index contributed by atoms with van der Waals surface area (Å²) in [5.41, 5.74) is 9.03. The molecule has 0 saturated heterocycles. The molecule has 0 aliphatic rings. The summed E-state index contributed by atoms with van der Waals surface area (Å²) in [4.78, 5) is 0. The van der Waals surface area contributed by atoms with E-state index >= 15 is 0 Å². The first-order chi connectivity index (χ1) is 11.3. The molecule has 0 radical (unpaired) electrons. The molecule has 24 heavy (non-hydrogen) atoms. The van der Waals surface area contributed by atoms with Crippen LogP contribution in [0.5, 0.6) is 0 Å². The summed E-state index contributed by atoms with van der Waals surface area (Å²) >= 11 is 0. The van der Waals surface area contributed by atoms with Crippen LogP contribution in [-0.2, 0) is 0 Å². The number of benzene rings is 2. The van der Waals surface area contributed by atoms with Crippen LogP contribution >= 0.6 is 0 Å². The van der Waals surface area contributed by atoms with E-state index in [2.05, 4.69) is 91.8 Å². The molecule has 0 aliphatic heterocycles. The van der Waals surface area contributed by atoms with Crippen molar-refractivity contribution in [2.75, 3.05) is 0 Å². The zero-order chi connectivity index (χ0) is 18.0. The predicted octanol–water partition coefficient (Wildman–Crippen LogP) is 7.85. The third kappa shape index (κ3) is 3.58. The Balaban J connectivity index is 2.95. The molecule has 0 aromatic heterocycles. The third-order valence-electron chi connectivity index (χ3n) is 4.92. The highest BCUT2D eigenvalue weighted by Gasteiger charge is 2.24. The van der Waals surface area contributed by atoms with Gasteiger partial charge >= 0.3 is 0 Å². The van der Waals surface area contributed by atoms with E-state index in [1.54, 1.807) is 16.7 Å². The summed E-state index contributed by atoms with van der Waals surface area (Å²) in [6.45, 7) is 18.7. The fourth-order valence-electron chi connectivity index (χ4n) is 3.98. The number of hydrogen-bond acceptors (Lipinski definition) is 0. The third-order valence-corrected chi connectivity index (χ3v) is 4.92. The first-order valence-electron chi connectivity index (χ1n) is 9.51. The van der Waals surface area contributed by atoms with E-state index in [-0.39, 0.29) is 0 Å². The van der Waals surface area contributed by atoms with Crippen LogP contribution in [0.25, 0.3) is 11.1 Å². The van der Waals surface area contributed by atoms with Crippen molar-refractivity contribution in [3.05, 3.63) is 58.7 Å². The molecule has 0 heteroatoms. The summed E-state index contributed by atoms with van der Waals surface area (Å²) in [5.74, 6) is 2.17. The monoisotopic (exact) mass is 322 g/mol. The van der Waals surface area contributed by atoms with Gasteiger partial charge in [-0.05, 0) is 57.1 Å². The van der Waals surface area contributed by atoms with Gasteiger partial charge in [-0.25, -0.2) is 0 Å². The quantitative estimate of drug-likeness (QED) is 0.525. The fourth-order valence-corrected chi connectivity index (χ4v) is 3.98. The maximum atomic E-state index is 2.48. The molecular formula is C24H34. The van der Waals surface area contributed by atoms with Crippen LogP contribution in [0, 0.1) is 0 Å². The minimum Gasteiger partial charge on any atom is -0.0622 e. The minimum absolute atomic E-state index is 0.524. The first kappa shape index (κ1) is 18.8. The topological polar surface area (TPSA) is 0 Å². The van der Waals surface area contributed by atoms with Crippen LogP contribution in [-0.4, -0.2) is 0 Å². The van der Waals surface area contributed by atoms with Crippen LogP contribution in [0.1, 0.15) is 101 Å². The SMILES string of the molecule is CC(C)c1cc(-c2ccccc2)c(C(C)C)c(C(C)C)c1C(C)C. The summed E-state index contributed by atoms with van der Waals surface area (Å²) in [6.07, 6.45) is 0. The second-order valence-electron chi connectivity index (χ2n) is 8.24. The fraction of sp³-hybridized carbons (Fsp3) is 0.500. The van der Waals surface area contributed by atoms with Gasteiger partial charge in [-0.1, -0.05) is 91.8 Å². The van der Waals surface area contributed by atoms with E-state index in [0.29, 0.717) is 23.7 Å². The second-order valence-corrected chi connectivity index (χ2v) is 8.24. The standard InChI is InChI=1S/C24H34/c1-15(2)20-14-21(19-12-10-9-11-13-19)23(17(5)6)24(18(7)8)22(20)16(3)4/h9-18H,1-8H3. The average molecular weight is 323 g/mol. The molecule has 0 unspecified atom stereocenters. The van der Waals surface area contributed by atoms with Gasteiger partial charge in [0.05, 0.1) is 0 Å². The largest absolute Gasteiger partial charge is 0.0622 e. The Morgan fingerprint density at radius 2 is 1.04 bits per heavy atom. The molecule has 0 saturated carbocycles. The van der Waals surface area contributed by atoms with Gasteiger partial charge in [-0.3, -0.25) is 0 Å². The Morgan fingerprint density at radius 3 is 1.46 bits per heavy atom. The van der Waals surface area contributed by atoms with Crippen LogP contribution in [0.3, 0.4) is 0 Å². The summed E-state index contributed by atoms with van der Waals surface area (Å²) in [7, 11) is 0. The molecule has 2 aromatic rings. The Hall–Kier alpha value is -1.56. The highest BCUT2D eigenvalue weighted by molar-refractivity contribution is 5.73. The lowest BCUT2D eigenvalue weighted by atomic mass is 9.75. The van der Waals surface area contributed by atoms with Gasteiger partial charge in [-0.15, -0.1) is 0 Å². The van der Waals surface area contributed by atoms with E-state index in [1.807, 2.05) is 0 Å². The van der Waals surface area contributed by atoms with E-state index in [1.165, 1.54) is 16.7 Å². The zero-order valence-electron chi connectivity index (χ0n) is 16.8. The van der Waals surface area contributed by atoms with Gasteiger partial charge < -0.3 is 0 Å². The summed E-state index contributed by atoms with van der Waals surface area (Å²) < 4.78 is 0. The Kier molecular flexibility index (Phi) is 5.91. The lowest BCUT2D eigenvalue weighted by Gasteiger charge is -2.30. The van der Waals surface area contributed by atoms with E-state index in [9.17, 15) is 0 Å². The van der Waals surface area contributed by atoms with Crippen LogP contribution in [0.2, 0.25) is 0 Å². The van der Waals surface area contributed by atoms with Gasteiger partial charge in [0.2, 0.25) is 0 Å². The van der Waals surface area contributed by atoms with Crippen LogP contribution < -0.4 is 0 Å². The Morgan fingerprint density at radius 1 is 0.542 bits per heavy atom. The molecule has 2 aromatic carbocycles. The summed E-state index contributed by atoms with van der Waals surface area (Å²) in [5, 5.41) is 0. The molecule has 0 N–H and O–H groups in total. The smallest absolute Gasteiger partial charge is 0.0143 e. The van der Waals surface area contributed by atoms with Gasteiger partial charge in [0.15, 0.2) is 0 Å². The van der Waals surface area contributed by atoms with E-state index in [0.717, 1.165) is 0 Å². The first-order valence-corrected chi connectivity index (χ1v) is 9.51. The molecule has 0 bridgehead atoms. The lowest BCUT2D eigenvalue weighted by Crippen LogP contribution is -2.12. The molecule has 0 amide bonds. The van der Waals surface area contributed by atoms with Gasteiger partial charge in [0.1, 0.15) is 0 Å². The highest BCUT2D eigenvalue weighted by Crippen LogP contribution is 2.43. The molecule has 0 heterocycles. The number of rotatable bonds is 5. The molecule has 130 valence electrons. The molecule has 0 spiro atoms. The van der Waals surface area contributed by atoms with Crippen molar-refractivity contribution in [3.63, 3.8) is 0 Å². The molecule has 0 aliphatic carbocycles. The van der Waals surface area contributed by atoms with Gasteiger partial charge in [0, 0.05) is 0 Å². The average Bonchev–Trinajstić information content (AvgIpc) is 2.53. The normalized spacial score (nSPS) is 12.0. The van der Waals surface area contributed by atoms with E-state index < -0.39 is 0 Å². The lowest BCUT2D eigenvalue weighted by molar-refractivity contribution is 0.722.